The molecule has 1 aliphatic rings. The third-order valence-corrected chi connectivity index (χ3v) is 2.23. The number of rotatable bonds is 5. The summed E-state index contributed by atoms with van der Waals surface area (Å²) in [6, 6.07) is 0.206. The van der Waals surface area contributed by atoms with E-state index < -0.39 is 11.9 Å². The Hall–Kier alpha value is -1.10. The Labute approximate surface area is 89.3 Å². The smallest absolute Gasteiger partial charge is 0.397 e. The number of carbonyl (C=O) groups is 2. The second kappa shape index (κ2) is 5.70. The van der Waals surface area contributed by atoms with Crippen LogP contribution in [0.3, 0.4) is 0 Å². The molecule has 0 spiro atoms. The zero-order chi connectivity index (χ0) is 11.3. The summed E-state index contributed by atoms with van der Waals surface area (Å²) in [4.78, 5) is 24.4. The molecule has 0 N–H and O–H groups in total. The number of nitrogens with zero attached hydrogens (tertiary/aromatic N) is 1. The molecule has 0 aromatic rings. The maximum atomic E-state index is 11.6. The molecule has 0 heterocycles. The van der Waals surface area contributed by atoms with Crippen molar-refractivity contribution in [3.8, 4) is 0 Å². The summed E-state index contributed by atoms with van der Waals surface area (Å²) in [6.45, 7) is 2.82. The molecule has 0 aliphatic heterocycles. The lowest BCUT2D eigenvalue weighted by Gasteiger charge is -2.20. The molecule has 1 rings (SSSR count). The van der Waals surface area contributed by atoms with E-state index >= 15 is 0 Å². The Morgan fingerprint density at radius 2 is 2.07 bits per heavy atom. The minimum Gasteiger partial charge on any atom is -0.459 e. The molecule has 0 bridgehead atoms. The van der Waals surface area contributed by atoms with Crippen LogP contribution >= 0.6 is 0 Å². The first-order valence-corrected chi connectivity index (χ1v) is 5.17. The molecule has 0 unspecified atom stereocenters. The second-order valence-electron chi connectivity index (χ2n) is 3.44. The minimum atomic E-state index is -0.763. The number of carbonyl (C=O) groups excluding carboxylic acids is 2. The number of hydrogen-bond acceptors (Lipinski definition) is 4. The predicted molar refractivity (Wildman–Crippen MR) is 53.2 cm³/mol. The van der Waals surface area contributed by atoms with Crippen molar-refractivity contribution in [1.82, 2.24) is 4.90 Å². The highest BCUT2D eigenvalue weighted by Gasteiger charge is 2.35. The molecule has 1 amide bonds. The monoisotopic (exact) mass is 215 g/mol. The summed E-state index contributed by atoms with van der Waals surface area (Å²) in [6.07, 6.45) is 1.93. The Kier molecular flexibility index (Phi) is 4.55. The van der Waals surface area contributed by atoms with Crippen LogP contribution in [-0.2, 0) is 19.1 Å². The van der Waals surface area contributed by atoms with Crippen molar-refractivity contribution in [2.75, 3.05) is 26.9 Å². The van der Waals surface area contributed by atoms with Gasteiger partial charge in [-0.2, -0.15) is 0 Å². The van der Waals surface area contributed by atoms with Gasteiger partial charge in [-0.25, -0.2) is 4.79 Å². The van der Waals surface area contributed by atoms with Crippen LogP contribution in [0.5, 0.6) is 0 Å². The fraction of sp³-hybridized carbons (Fsp3) is 0.800. The molecule has 0 saturated heterocycles. The first kappa shape index (κ1) is 12.0. The summed E-state index contributed by atoms with van der Waals surface area (Å²) < 4.78 is 9.57. The second-order valence-corrected chi connectivity index (χ2v) is 3.44. The summed E-state index contributed by atoms with van der Waals surface area (Å²) >= 11 is 0. The van der Waals surface area contributed by atoms with Crippen molar-refractivity contribution >= 4 is 11.9 Å². The molecule has 86 valence electrons. The van der Waals surface area contributed by atoms with Crippen LogP contribution < -0.4 is 0 Å². The van der Waals surface area contributed by atoms with Gasteiger partial charge in [-0.05, 0) is 19.8 Å². The zero-order valence-corrected chi connectivity index (χ0v) is 9.19. The van der Waals surface area contributed by atoms with Crippen LogP contribution in [0, 0.1) is 0 Å². The maximum absolute atomic E-state index is 11.6. The van der Waals surface area contributed by atoms with Gasteiger partial charge in [0, 0.05) is 19.7 Å². The van der Waals surface area contributed by atoms with Gasteiger partial charge < -0.3 is 14.4 Å². The lowest BCUT2D eigenvalue weighted by Crippen LogP contribution is -2.41. The first-order chi connectivity index (χ1) is 7.20. The van der Waals surface area contributed by atoms with Crippen molar-refractivity contribution in [2.45, 2.75) is 25.8 Å². The van der Waals surface area contributed by atoms with Crippen molar-refractivity contribution in [3.05, 3.63) is 0 Å². The van der Waals surface area contributed by atoms with E-state index in [-0.39, 0.29) is 12.6 Å². The fourth-order valence-electron chi connectivity index (χ4n) is 1.34. The fourth-order valence-corrected chi connectivity index (χ4v) is 1.34. The molecule has 15 heavy (non-hydrogen) atoms. The lowest BCUT2D eigenvalue weighted by atomic mass is 10.4. The van der Waals surface area contributed by atoms with E-state index in [1.54, 1.807) is 18.9 Å². The molecule has 5 heteroatoms. The number of hydrogen-bond donors (Lipinski definition) is 0. The molecule has 1 aliphatic carbocycles. The van der Waals surface area contributed by atoms with Gasteiger partial charge in [0.25, 0.3) is 0 Å². The quantitative estimate of drug-likeness (QED) is 0.485. The van der Waals surface area contributed by atoms with Crippen molar-refractivity contribution in [2.24, 2.45) is 0 Å². The Morgan fingerprint density at radius 1 is 1.40 bits per heavy atom. The van der Waals surface area contributed by atoms with E-state index in [9.17, 15) is 9.59 Å². The van der Waals surface area contributed by atoms with E-state index in [2.05, 4.69) is 4.74 Å². The number of ether oxygens (including phenoxy) is 2. The highest BCUT2D eigenvalue weighted by Crippen LogP contribution is 2.26. The van der Waals surface area contributed by atoms with Gasteiger partial charge in [-0.3, -0.25) is 4.79 Å². The highest BCUT2D eigenvalue weighted by atomic mass is 16.5. The molecule has 1 fully saturated rings. The van der Waals surface area contributed by atoms with Crippen molar-refractivity contribution in [3.63, 3.8) is 0 Å². The maximum Gasteiger partial charge on any atom is 0.397 e. The number of methoxy groups -OCH3 is 1. The van der Waals surface area contributed by atoms with Crippen molar-refractivity contribution < 1.29 is 19.1 Å². The van der Waals surface area contributed by atoms with Gasteiger partial charge in [0.15, 0.2) is 0 Å². The Bertz CT molecular complexity index is 238. The van der Waals surface area contributed by atoms with Gasteiger partial charge >= 0.3 is 11.9 Å². The molecule has 0 aromatic heterocycles. The van der Waals surface area contributed by atoms with Gasteiger partial charge in [0.2, 0.25) is 0 Å². The van der Waals surface area contributed by atoms with E-state index in [4.69, 9.17) is 4.74 Å². The zero-order valence-electron chi connectivity index (χ0n) is 9.19. The number of amides is 1. The van der Waals surface area contributed by atoms with E-state index in [1.165, 1.54) is 0 Å². The predicted octanol–water partition coefficient (Wildman–Crippen LogP) is 0.187. The highest BCUT2D eigenvalue weighted by molar-refractivity contribution is 6.32. The molecular weight excluding hydrogens is 198 g/mol. The summed E-state index contributed by atoms with van der Waals surface area (Å²) in [5, 5.41) is 0. The average Bonchev–Trinajstić information content (AvgIpc) is 3.02. The molecular formula is C10H17NO4. The first-order valence-electron chi connectivity index (χ1n) is 5.17. The van der Waals surface area contributed by atoms with Crippen LogP contribution in [0.25, 0.3) is 0 Å². The SMILES string of the molecule is CCOC(=O)C(=O)N(CCOC)C1CC1. The normalized spacial score (nSPS) is 14.8. The molecule has 0 aromatic carbocycles. The Morgan fingerprint density at radius 3 is 2.53 bits per heavy atom. The molecule has 0 radical (unpaired) electrons. The molecule has 5 nitrogen and oxygen atoms in total. The standard InChI is InChI=1S/C10H17NO4/c1-3-15-10(13)9(12)11(6-7-14-2)8-4-5-8/h8H,3-7H2,1-2H3. The summed E-state index contributed by atoms with van der Waals surface area (Å²) in [5.74, 6) is -1.31. The summed E-state index contributed by atoms with van der Waals surface area (Å²) in [7, 11) is 1.57. The van der Waals surface area contributed by atoms with E-state index in [0.29, 0.717) is 13.2 Å². The van der Waals surface area contributed by atoms with Gasteiger partial charge in [-0.15, -0.1) is 0 Å². The van der Waals surface area contributed by atoms with Crippen LogP contribution in [-0.4, -0.2) is 49.7 Å². The Balaban J connectivity index is 2.46. The third kappa shape index (κ3) is 3.51. The lowest BCUT2D eigenvalue weighted by molar-refractivity contribution is -0.160. The van der Waals surface area contributed by atoms with Crippen LogP contribution in [0.15, 0.2) is 0 Å². The average molecular weight is 215 g/mol. The largest absolute Gasteiger partial charge is 0.459 e. The van der Waals surface area contributed by atoms with Crippen LogP contribution in [0.4, 0.5) is 0 Å². The minimum absolute atomic E-state index is 0.206. The van der Waals surface area contributed by atoms with Gasteiger partial charge in [-0.1, -0.05) is 0 Å². The van der Waals surface area contributed by atoms with Crippen molar-refractivity contribution in [1.29, 1.82) is 0 Å². The van der Waals surface area contributed by atoms with Gasteiger partial charge in [0.05, 0.1) is 13.2 Å². The molecule has 1 saturated carbocycles. The number of esters is 1. The summed E-state index contributed by atoms with van der Waals surface area (Å²) in [5.41, 5.74) is 0. The van der Waals surface area contributed by atoms with Crippen LogP contribution in [0.2, 0.25) is 0 Å². The van der Waals surface area contributed by atoms with E-state index in [1.807, 2.05) is 0 Å². The third-order valence-electron chi connectivity index (χ3n) is 2.23. The van der Waals surface area contributed by atoms with E-state index in [0.717, 1.165) is 12.8 Å². The molecule has 0 atom stereocenters. The van der Waals surface area contributed by atoms with Crippen LogP contribution in [0.1, 0.15) is 19.8 Å². The topological polar surface area (TPSA) is 55.8 Å². The van der Waals surface area contributed by atoms with Gasteiger partial charge in [0.1, 0.15) is 0 Å².